The zero-order chi connectivity index (χ0) is 10.0. The Hall–Kier alpha value is 0.0300. The lowest BCUT2D eigenvalue weighted by atomic mass is 10.2. The van der Waals surface area contributed by atoms with Gasteiger partial charge in [0, 0.05) is 9.13 Å². The van der Waals surface area contributed by atoms with Crippen LogP contribution in [-0.2, 0) is 5.88 Å². The monoisotopic (exact) mass is 317 g/mol. The largest absolute Gasteiger partial charge is 0.265 e. The molecule has 1 rings (SSSR count). The summed E-state index contributed by atoms with van der Waals surface area (Å²) in [7, 11) is 0. The number of hydrogen-bond donors (Lipinski definition) is 0. The average molecular weight is 318 g/mol. The highest BCUT2D eigenvalue weighted by Gasteiger charge is 2.15. The predicted octanol–water partition coefficient (Wildman–Crippen LogP) is 3.67. The highest BCUT2D eigenvalue weighted by atomic mass is 127. The van der Waals surface area contributed by atoms with Gasteiger partial charge in [-0.3, -0.25) is 4.98 Å². The van der Waals surface area contributed by atoms with Crippen molar-refractivity contribution in [1.82, 2.24) is 4.98 Å². The van der Waals surface area contributed by atoms with Gasteiger partial charge in [0.1, 0.15) is 0 Å². The zero-order valence-corrected chi connectivity index (χ0v) is 9.73. The van der Waals surface area contributed by atoms with Gasteiger partial charge in [0.05, 0.1) is 17.3 Å². The Labute approximate surface area is 93.6 Å². The minimum atomic E-state index is -2.50. The summed E-state index contributed by atoms with van der Waals surface area (Å²) in [4.78, 5) is 3.99. The van der Waals surface area contributed by atoms with Crippen molar-refractivity contribution in [3.05, 3.63) is 26.6 Å². The van der Waals surface area contributed by atoms with Crippen molar-refractivity contribution < 1.29 is 8.78 Å². The van der Waals surface area contributed by atoms with Gasteiger partial charge in [-0.05, 0) is 35.6 Å². The third-order valence-corrected chi connectivity index (χ3v) is 2.97. The van der Waals surface area contributed by atoms with Crippen molar-refractivity contribution in [2.45, 2.75) is 19.2 Å². The highest BCUT2D eigenvalue weighted by molar-refractivity contribution is 14.1. The van der Waals surface area contributed by atoms with Gasteiger partial charge >= 0.3 is 0 Å². The number of alkyl halides is 3. The molecule has 0 atom stereocenters. The van der Waals surface area contributed by atoms with Crippen LogP contribution in [0.1, 0.15) is 23.4 Å². The van der Waals surface area contributed by atoms with Gasteiger partial charge in [-0.2, -0.15) is 0 Å². The first-order chi connectivity index (χ1) is 6.06. The Balaban J connectivity index is 3.25. The van der Waals surface area contributed by atoms with Crippen LogP contribution in [0.4, 0.5) is 8.78 Å². The van der Waals surface area contributed by atoms with E-state index in [-0.39, 0.29) is 17.1 Å². The van der Waals surface area contributed by atoms with Crippen LogP contribution in [-0.4, -0.2) is 4.98 Å². The van der Waals surface area contributed by atoms with Crippen molar-refractivity contribution in [3.8, 4) is 0 Å². The fraction of sp³-hybridized carbons (Fsp3) is 0.375. The van der Waals surface area contributed by atoms with Gasteiger partial charge in [-0.25, -0.2) is 8.78 Å². The van der Waals surface area contributed by atoms with E-state index in [2.05, 4.69) is 4.98 Å². The zero-order valence-electron chi connectivity index (χ0n) is 6.82. The number of halogens is 4. The summed E-state index contributed by atoms with van der Waals surface area (Å²) in [5, 5.41) is 0. The van der Waals surface area contributed by atoms with Crippen molar-refractivity contribution in [2.75, 3.05) is 0 Å². The lowest BCUT2D eigenvalue weighted by Crippen LogP contribution is -2.00. The van der Waals surface area contributed by atoms with E-state index in [0.29, 0.717) is 0 Å². The van der Waals surface area contributed by atoms with Crippen LogP contribution < -0.4 is 0 Å². The molecule has 0 saturated carbocycles. The summed E-state index contributed by atoms with van der Waals surface area (Å²) in [6.07, 6.45) is -2.50. The number of rotatable bonds is 2. The van der Waals surface area contributed by atoms with Gasteiger partial charge < -0.3 is 0 Å². The smallest absolute Gasteiger partial charge is 0.255 e. The number of nitrogens with zero attached hydrogens (tertiary/aromatic N) is 1. The standard InChI is InChI=1S/C8H7ClF2IN/c1-4-6(12)2-5(8(10)11)7(3-9)13-4/h2,8H,3H2,1H3. The van der Waals surface area contributed by atoms with Crippen molar-refractivity contribution in [2.24, 2.45) is 0 Å². The molecule has 0 saturated heterocycles. The van der Waals surface area contributed by atoms with Crippen LogP contribution in [0, 0.1) is 10.5 Å². The summed E-state index contributed by atoms with van der Waals surface area (Å²) in [5.74, 6) is 0.0252. The Morgan fingerprint density at radius 1 is 1.62 bits per heavy atom. The van der Waals surface area contributed by atoms with E-state index in [1.807, 2.05) is 22.6 Å². The first kappa shape index (κ1) is 11.1. The summed E-state index contributed by atoms with van der Waals surface area (Å²) >= 11 is 7.48. The Morgan fingerprint density at radius 3 is 2.69 bits per heavy atom. The molecule has 0 radical (unpaired) electrons. The van der Waals surface area contributed by atoms with E-state index in [1.165, 1.54) is 6.07 Å². The summed E-state index contributed by atoms with van der Waals surface area (Å²) in [5.41, 5.74) is 0.945. The number of hydrogen-bond acceptors (Lipinski definition) is 1. The molecule has 0 unspecified atom stereocenters. The second kappa shape index (κ2) is 4.50. The second-order valence-electron chi connectivity index (χ2n) is 2.53. The molecule has 0 fully saturated rings. The van der Waals surface area contributed by atoms with Gasteiger partial charge in [-0.15, -0.1) is 11.6 Å². The molecule has 0 bridgehead atoms. The molecule has 5 heteroatoms. The quantitative estimate of drug-likeness (QED) is 0.599. The molecular formula is C8H7ClF2IN. The molecule has 1 nitrogen and oxygen atoms in total. The third-order valence-electron chi connectivity index (χ3n) is 1.63. The normalized spacial score (nSPS) is 10.9. The molecule has 0 amide bonds. The van der Waals surface area contributed by atoms with Crippen LogP contribution in [0.15, 0.2) is 6.07 Å². The Kier molecular flexibility index (Phi) is 3.85. The summed E-state index contributed by atoms with van der Waals surface area (Å²) in [6, 6.07) is 1.44. The minimum Gasteiger partial charge on any atom is -0.255 e. The molecule has 0 N–H and O–H groups in total. The number of aromatic nitrogens is 1. The third kappa shape index (κ3) is 2.49. The molecule has 0 aliphatic heterocycles. The molecule has 72 valence electrons. The van der Waals surface area contributed by atoms with Crippen LogP contribution in [0.25, 0.3) is 0 Å². The van der Waals surface area contributed by atoms with E-state index in [4.69, 9.17) is 11.6 Å². The van der Waals surface area contributed by atoms with E-state index in [1.54, 1.807) is 6.92 Å². The molecule has 1 aromatic rings. The van der Waals surface area contributed by atoms with E-state index in [9.17, 15) is 8.78 Å². The van der Waals surface area contributed by atoms with Gasteiger partial charge in [0.2, 0.25) is 0 Å². The maximum atomic E-state index is 12.4. The fourth-order valence-electron chi connectivity index (χ4n) is 0.941. The molecular weight excluding hydrogens is 310 g/mol. The lowest BCUT2D eigenvalue weighted by Gasteiger charge is -2.07. The average Bonchev–Trinajstić information content (AvgIpc) is 2.08. The Morgan fingerprint density at radius 2 is 2.23 bits per heavy atom. The molecule has 1 aromatic heterocycles. The van der Waals surface area contributed by atoms with Crippen LogP contribution in [0.5, 0.6) is 0 Å². The highest BCUT2D eigenvalue weighted by Crippen LogP contribution is 2.25. The topological polar surface area (TPSA) is 12.9 Å². The van der Waals surface area contributed by atoms with Crippen LogP contribution in [0.2, 0.25) is 0 Å². The van der Waals surface area contributed by atoms with E-state index < -0.39 is 6.43 Å². The SMILES string of the molecule is Cc1nc(CCl)c(C(F)F)cc1I. The lowest BCUT2D eigenvalue weighted by molar-refractivity contribution is 0.150. The predicted molar refractivity (Wildman–Crippen MR) is 56.2 cm³/mol. The molecule has 0 aromatic carbocycles. The van der Waals surface area contributed by atoms with Crippen molar-refractivity contribution in [3.63, 3.8) is 0 Å². The van der Waals surface area contributed by atoms with Crippen molar-refractivity contribution in [1.29, 1.82) is 0 Å². The molecule has 0 aliphatic carbocycles. The first-order valence-corrected chi connectivity index (χ1v) is 5.17. The van der Waals surface area contributed by atoms with E-state index in [0.717, 1.165) is 9.26 Å². The van der Waals surface area contributed by atoms with Gasteiger partial charge in [-0.1, -0.05) is 0 Å². The van der Waals surface area contributed by atoms with E-state index >= 15 is 0 Å². The maximum Gasteiger partial charge on any atom is 0.265 e. The van der Waals surface area contributed by atoms with Gasteiger partial charge in [0.15, 0.2) is 0 Å². The Bertz CT molecular complexity index is 317. The summed E-state index contributed by atoms with van der Waals surface area (Å²) in [6.45, 7) is 1.77. The fourth-order valence-corrected chi connectivity index (χ4v) is 1.61. The van der Waals surface area contributed by atoms with Crippen LogP contribution >= 0.6 is 34.2 Å². The summed E-state index contributed by atoms with van der Waals surface area (Å²) < 4.78 is 25.6. The molecule has 1 heterocycles. The molecule has 13 heavy (non-hydrogen) atoms. The molecule has 0 aliphatic rings. The van der Waals surface area contributed by atoms with Crippen LogP contribution in [0.3, 0.4) is 0 Å². The van der Waals surface area contributed by atoms with Gasteiger partial charge in [0.25, 0.3) is 6.43 Å². The second-order valence-corrected chi connectivity index (χ2v) is 3.96. The maximum absolute atomic E-state index is 12.4. The first-order valence-electron chi connectivity index (χ1n) is 3.56. The minimum absolute atomic E-state index is 0.0252. The number of pyridine rings is 1. The van der Waals surface area contributed by atoms with Crippen molar-refractivity contribution >= 4 is 34.2 Å². The molecule has 0 spiro atoms. The number of aryl methyl sites for hydroxylation is 1.